The molecule has 6 heteroatoms. The number of hydrogen-bond acceptors (Lipinski definition) is 3. The Morgan fingerprint density at radius 2 is 1.86 bits per heavy atom. The molecule has 2 aromatic rings. The van der Waals surface area contributed by atoms with E-state index in [4.69, 9.17) is 4.74 Å². The molecule has 1 aliphatic carbocycles. The maximum absolute atomic E-state index is 12.4. The van der Waals surface area contributed by atoms with E-state index >= 15 is 0 Å². The average Bonchev–Trinajstić information content (AvgIpc) is 3.31. The van der Waals surface area contributed by atoms with Crippen LogP contribution in [-0.2, 0) is 10.0 Å². The molecule has 3 rings (SSSR count). The molecule has 0 unspecified atom stereocenters. The Labute approximate surface area is 138 Å². The molecule has 0 radical (unpaired) electrons. The van der Waals surface area contributed by atoms with Crippen molar-refractivity contribution in [1.29, 1.82) is 0 Å². The Morgan fingerprint density at radius 1 is 1.14 bits per heavy atom. The van der Waals surface area contributed by atoms with Crippen LogP contribution in [0, 0.1) is 5.92 Å². The summed E-state index contributed by atoms with van der Waals surface area (Å²) in [5.41, 5.74) is 0.535. The highest BCUT2D eigenvalue weighted by Crippen LogP contribution is 2.33. The molecule has 116 valence electrons. The quantitative estimate of drug-likeness (QED) is 0.821. The zero-order chi connectivity index (χ0) is 15.6. The van der Waals surface area contributed by atoms with E-state index in [1.165, 1.54) is 12.8 Å². The van der Waals surface area contributed by atoms with Gasteiger partial charge in [-0.2, -0.15) is 0 Å². The molecular weight excluding hydrogens is 366 g/mol. The monoisotopic (exact) mass is 381 g/mol. The van der Waals surface area contributed by atoms with Crippen LogP contribution in [0.25, 0.3) is 0 Å². The molecule has 0 spiro atoms. The van der Waals surface area contributed by atoms with E-state index in [1.807, 2.05) is 6.07 Å². The second kappa shape index (κ2) is 6.30. The lowest BCUT2D eigenvalue weighted by molar-refractivity contribution is 0.298. The van der Waals surface area contributed by atoms with Crippen molar-refractivity contribution in [2.45, 2.75) is 17.7 Å². The van der Waals surface area contributed by atoms with Gasteiger partial charge in [0.05, 0.1) is 16.0 Å². The van der Waals surface area contributed by atoms with Gasteiger partial charge in [-0.25, -0.2) is 8.42 Å². The normalized spacial score (nSPS) is 14.6. The van der Waals surface area contributed by atoms with Crippen LogP contribution in [0.5, 0.6) is 5.75 Å². The average molecular weight is 382 g/mol. The van der Waals surface area contributed by atoms with E-state index in [-0.39, 0.29) is 4.90 Å². The Balaban J connectivity index is 1.76. The molecular formula is C16H16BrNO3S. The number of rotatable bonds is 6. The van der Waals surface area contributed by atoms with Gasteiger partial charge in [0.15, 0.2) is 0 Å². The molecule has 1 fully saturated rings. The van der Waals surface area contributed by atoms with Gasteiger partial charge in [0, 0.05) is 5.69 Å². The number of hydrogen-bond donors (Lipinski definition) is 1. The van der Waals surface area contributed by atoms with Gasteiger partial charge in [-0.1, -0.05) is 18.2 Å². The van der Waals surface area contributed by atoms with Crippen molar-refractivity contribution in [3.05, 3.63) is 53.0 Å². The molecule has 2 aromatic carbocycles. The van der Waals surface area contributed by atoms with E-state index in [2.05, 4.69) is 20.7 Å². The molecule has 1 aliphatic rings. The maximum atomic E-state index is 12.4. The number of halogens is 1. The van der Waals surface area contributed by atoms with Crippen molar-refractivity contribution < 1.29 is 13.2 Å². The highest BCUT2D eigenvalue weighted by Gasteiger charge is 2.22. The van der Waals surface area contributed by atoms with Crippen LogP contribution >= 0.6 is 15.9 Å². The Hall–Kier alpha value is -1.53. The summed E-state index contributed by atoms with van der Waals surface area (Å²) in [6, 6.07) is 13.6. The smallest absolute Gasteiger partial charge is 0.261 e. The minimum absolute atomic E-state index is 0.196. The summed E-state index contributed by atoms with van der Waals surface area (Å²) >= 11 is 3.38. The Bertz CT molecular complexity index is 758. The molecule has 0 aromatic heterocycles. The molecule has 0 aliphatic heterocycles. The van der Waals surface area contributed by atoms with Crippen molar-refractivity contribution in [2.75, 3.05) is 11.3 Å². The van der Waals surface area contributed by atoms with Gasteiger partial charge >= 0.3 is 0 Å². The maximum Gasteiger partial charge on any atom is 0.261 e. The highest BCUT2D eigenvalue weighted by atomic mass is 79.9. The summed E-state index contributed by atoms with van der Waals surface area (Å²) in [5, 5.41) is 0. The van der Waals surface area contributed by atoms with E-state index in [1.54, 1.807) is 42.5 Å². The first-order valence-electron chi connectivity index (χ1n) is 7.05. The van der Waals surface area contributed by atoms with E-state index < -0.39 is 10.0 Å². The zero-order valence-corrected chi connectivity index (χ0v) is 14.2. The first kappa shape index (κ1) is 15.4. The van der Waals surface area contributed by atoms with Gasteiger partial charge in [-0.15, -0.1) is 0 Å². The highest BCUT2D eigenvalue weighted by molar-refractivity contribution is 9.10. The standard InChI is InChI=1S/C16H16BrNO3S/c17-15-10-14(8-9-16(15)21-11-12-6-7-12)22(19,20)18-13-4-2-1-3-5-13/h1-5,8-10,12,18H,6-7,11H2. The molecule has 0 bridgehead atoms. The number of anilines is 1. The summed E-state index contributed by atoms with van der Waals surface area (Å²) in [4.78, 5) is 0.196. The predicted octanol–water partition coefficient (Wildman–Crippen LogP) is 4.04. The third-order valence-corrected chi connectivity index (χ3v) is 5.41. The van der Waals surface area contributed by atoms with Crippen molar-refractivity contribution in [2.24, 2.45) is 5.92 Å². The second-order valence-corrected chi connectivity index (χ2v) is 7.85. The third kappa shape index (κ3) is 3.81. The molecule has 0 amide bonds. The lowest BCUT2D eigenvalue weighted by Crippen LogP contribution is -2.13. The molecule has 0 saturated heterocycles. The fraction of sp³-hybridized carbons (Fsp3) is 0.250. The lowest BCUT2D eigenvalue weighted by atomic mass is 10.3. The first-order valence-corrected chi connectivity index (χ1v) is 9.32. The van der Waals surface area contributed by atoms with Gasteiger partial charge in [0.2, 0.25) is 0 Å². The van der Waals surface area contributed by atoms with Gasteiger partial charge in [-0.05, 0) is 65.0 Å². The topological polar surface area (TPSA) is 55.4 Å². The minimum Gasteiger partial charge on any atom is -0.492 e. The number of para-hydroxylation sites is 1. The molecule has 22 heavy (non-hydrogen) atoms. The van der Waals surface area contributed by atoms with E-state index in [9.17, 15) is 8.42 Å². The summed E-state index contributed by atoms with van der Waals surface area (Å²) in [7, 11) is -3.61. The summed E-state index contributed by atoms with van der Waals surface area (Å²) in [5.74, 6) is 1.32. The van der Waals surface area contributed by atoms with Crippen molar-refractivity contribution in [1.82, 2.24) is 0 Å². The number of ether oxygens (including phenoxy) is 1. The van der Waals surface area contributed by atoms with E-state index in [0.717, 1.165) is 0 Å². The fourth-order valence-corrected chi connectivity index (χ4v) is 3.71. The molecule has 0 atom stereocenters. The summed E-state index contributed by atoms with van der Waals surface area (Å²) < 4.78 is 33.6. The fourth-order valence-electron chi connectivity index (χ4n) is 1.98. The SMILES string of the molecule is O=S(=O)(Nc1ccccc1)c1ccc(OCC2CC2)c(Br)c1. The second-order valence-electron chi connectivity index (χ2n) is 5.32. The van der Waals surface area contributed by atoms with Crippen LogP contribution in [0.3, 0.4) is 0 Å². The number of nitrogens with one attached hydrogen (secondary N) is 1. The predicted molar refractivity (Wildman–Crippen MR) is 89.6 cm³/mol. The van der Waals surface area contributed by atoms with Crippen molar-refractivity contribution in [3.63, 3.8) is 0 Å². The van der Waals surface area contributed by atoms with Crippen LogP contribution < -0.4 is 9.46 Å². The largest absolute Gasteiger partial charge is 0.492 e. The summed E-state index contributed by atoms with van der Waals surface area (Å²) in [6.45, 7) is 0.687. The third-order valence-electron chi connectivity index (χ3n) is 3.41. The van der Waals surface area contributed by atoms with Crippen molar-refractivity contribution >= 4 is 31.6 Å². The molecule has 1 saturated carbocycles. The first-order chi connectivity index (χ1) is 10.5. The van der Waals surface area contributed by atoms with Gasteiger partial charge in [-0.3, -0.25) is 4.72 Å². The van der Waals surface area contributed by atoms with Crippen LogP contribution in [0.1, 0.15) is 12.8 Å². The van der Waals surface area contributed by atoms with Crippen LogP contribution in [0.4, 0.5) is 5.69 Å². The summed E-state index contributed by atoms with van der Waals surface area (Å²) in [6.07, 6.45) is 2.43. The molecule has 0 heterocycles. The van der Waals surface area contributed by atoms with Crippen LogP contribution in [0.2, 0.25) is 0 Å². The Morgan fingerprint density at radius 3 is 2.50 bits per heavy atom. The molecule has 4 nitrogen and oxygen atoms in total. The van der Waals surface area contributed by atoms with Crippen LogP contribution in [0.15, 0.2) is 57.9 Å². The van der Waals surface area contributed by atoms with Crippen LogP contribution in [-0.4, -0.2) is 15.0 Å². The van der Waals surface area contributed by atoms with Gasteiger partial charge in [0.1, 0.15) is 5.75 Å². The number of benzene rings is 2. The van der Waals surface area contributed by atoms with Crippen molar-refractivity contribution in [3.8, 4) is 5.75 Å². The van der Waals surface area contributed by atoms with Gasteiger partial charge < -0.3 is 4.74 Å². The minimum atomic E-state index is -3.61. The molecule has 1 N–H and O–H groups in total. The Kier molecular flexibility index (Phi) is 4.40. The lowest BCUT2D eigenvalue weighted by Gasteiger charge is -2.11. The van der Waals surface area contributed by atoms with E-state index in [0.29, 0.717) is 28.4 Å². The zero-order valence-electron chi connectivity index (χ0n) is 11.8. The van der Waals surface area contributed by atoms with Gasteiger partial charge in [0.25, 0.3) is 10.0 Å². The number of sulfonamides is 1.